The molecule has 2 rings (SSSR count). The van der Waals surface area contributed by atoms with Crippen molar-refractivity contribution in [3.05, 3.63) is 59.9 Å². The van der Waals surface area contributed by atoms with E-state index >= 15 is 0 Å². The molecule has 100 valence electrons. The van der Waals surface area contributed by atoms with Crippen molar-refractivity contribution in [1.29, 1.82) is 5.26 Å². The van der Waals surface area contributed by atoms with Gasteiger partial charge in [0.1, 0.15) is 11.6 Å². The third-order valence-corrected chi connectivity index (χ3v) is 2.48. The Kier molecular flexibility index (Phi) is 4.30. The van der Waals surface area contributed by atoms with Gasteiger partial charge in [0.2, 0.25) is 0 Å². The van der Waals surface area contributed by atoms with Crippen LogP contribution in [0.5, 0.6) is 5.75 Å². The van der Waals surface area contributed by atoms with Gasteiger partial charge < -0.3 is 10.1 Å². The molecule has 2 aromatic rings. The van der Waals surface area contributed by atoms with Crippen LogP contribution < -0.4 is 10.1 Å². The number of hydrogen-bond donors (Lipinski definition) is 1. The topological polar surface area (TPSA) is 62.1 Å². The van der Waals surface area contributed by atoms with Crippen molar-refractivity contribution in [2.24, 2.45) is 0 Å². The van der Waals surface area contributed by atoms with Crippen LogP contribution in [0.4, 0.5) is 10.1 Å². The first kappa shape index (κ1) is 13.6. The van der Waals surface area contributed by atoms with Gasteiger partial charge in [0.05, 0.1) is 11.6 Å². The molecule has 5 heteroatoms. The molecule has 0 bridgehead atoms. The van der Waals surface area contributed by atoms with Gasteiger partial charge in [0, 0.05) is 5.69 Å². The van der Waals surface area contributed by atoms with Crippen LogP contribution in [0.3, 0.4) is 0 Å². The van der Waals surface area contributed by atoms with Gasteiger partial charge in [-0.1, -0.05) is 0 Å². The molecule has 1 amide bonds. The van der Waals surface area contributed by atoms with Crippen LogP contribution in [0.25, 0.3) is 0 Å². The Labute approximate surface area is 115 Å². The maximum Gasteiger partial charge on any atom is 0.262 e. The van der Waals surface area contributed by atoms with E-state index in [9.17, 15) is 9.18 Å². The van der Waals surface area contributed by atoms with Crippen molar-refractivity contribution in [2.75, 3.05) is 11.9 Å². The minimum absolute atomic E-state index is 0.163. The second kappa shape index (κ2) is 6.34. The number of carbonyl (C=O) groups is 1. The Morgan fingerprint density at radius 2 is 1.80 bits per heavy atom. The molecule has 0 radical (unpaired) electrons. The second-order valence-electron chi connectivity index (χ2n) is 3.98. The maximum absolute atomic E-state index is 12.7. The van der Waals surface area contributed by atoms with Crippen LogP contribution in [0.15, 0.2) is 48.5 Å². The number of benzene rings is 2. The van der Waals surface area contributed by atoms with E-state index in [1.54, 1.807) is 24.3 Å². The standard InChI is InChI=1S/C15H11FN2O2/c16-12-3-5-13(6-4-12)18-15(19)10-20-14-7-1-11(9-17)2-8-14/h1-8H,10H2,(H,18,19). The summed E-state index contributed by atoms with van der Waals surface area (Å²) in [5, 5.41) is 11.2. The van der Waals surface area contributed by atoms with E-state index in [0.29, 0.717) is 17.0 Å². The number of carbonyl (C=O) groups excluding carboxylic acids is 1. The highest BCUT2D eigenvalue weighted by Gasteiger charge is 2.04. The second-order valence-corrected chi connectivity index (χ2v) is 3.98. The summed E-state index contributed by atoms with van der Waals surface area (Å²) in [6.45, 7) is -0.163. The summed E-state index contributed by atoms with van der Waals surface area (Å²) in [6.07, 6.45) is 0. The smallest absolute Gasteiger partial charge is 0.262 e. The molecule has 1 N–H and O–H groups in total. The lowest BCUT2D eigenvalue weighted by Gasteiger charge is -2.07. The summed E-state index contributed by atoms with van der Waals surface area (Å²) in [4.78, 5) is 11.6. The summed E-state index contributed by atoms with van der Waals surface area (Å²) < 4.78 is 18.0. The molecule has 0 saturated heterocycles. The lowest BCUT2D eigenvalue weighted by molar-refractivity contribution is -0.118. The van der Waals surface area contributed by atoms with E-state index in [1.165, 1.54) is 24.3 Å². The highest BCUT2D eigenvalue weighted by molar-refractivity contribution is 5.91. The van der Waals surface area contributed by atoms with Crippen LogP contribution in [-0.2, 0) is 4.79 Å². The first-order chi connectivity index (χ1) is 9.67. The van der Waals surface area contributed by atoms with E-state index in [0.717, 1.165) is 0 Å². The summed E-state index contributed by atoms with van der Waals surface area (Å²) in [7, 11) is 0. The van der Waals surface area contributed by atoms with Crippen molar-refractivity contribution in [3.63, 3.8) is 0 Å². The lowest BCUT2D eigenvalue weighted by Crippen LogP contribution is -2.20. The molecule has 0 aliphatic carbocycles. The molecule has 0 atom stereocenters. The predicted octanol–water partition coefficient (Wildman–Crippen LogP) is 2.71. The molecule has 20 heavy (non-hydrogen) atoms. The minimum atomic E-state index is -0.364. The zero-order valence-electron chi connectivity index (χ0n) is 10.5. The molecule has 2 aromatic carbocycles. The number of nitriles is 1. The lowest BCUT2D eigenvalue weighted by atomic mass is 10.2. The fraction of sp³-hybridized carbons (Fsp3) is 0.0667. The van der Waals surface area contributed by atoms with Crippen molar-refractivity contribution >= 4 is 11.6 Å². The largest absolute Gasteiger partial charge is 0.484 e. The number of ether oxygens (including phenoxy) is 1. The summed E-state index contributed by atoms with van der Waals surface area (Å²) in [5.41, 5.74) is 1.02. The molecule has 0 fully saturated rings. The number of amides is 1. The molecule has 0 unspecified atom stereocenters. The van der Waals surface area contributed by atoms with Gasteiger partial charge >= 0.3 is 0 Å². The van der Waals surface area contributed by atoms with Crippen LogP contribution in [-0.4, -0.2) is 12.5 Å². The molecular formula is C15H11FN2O2. The van der Waals surface area contributed by atoms with Crippen molar-refractivity contribution in [1.82, 2.24) is 0 Å². The third-order valence-electron chi connectivity index (χ3n) is 2.48. The Hall–Kier alpha value is -2.87. The number of hydrogen-bond acceptors (Lipinski definition) is 3. The van der Waals surface area contributed by atoms with Gasteiger partial charge in [-0.25, -0.2) is 4.39 Å². The van der Waals surface area contributed by atoms with Crippen LogP contribution in [0, 0.1) is 17.1 Å². The van der Waals surface area contributed by atoms with E-state index in [1.807, 2.05) is 6.07 Å². The highest BCUT2D eigenvalue weighted by Crippen LogP contribution is 2.12. The maximum atomic E-state index is 12.7. The number of rotatable bonds is 4. The van der Waals surface area contributed by atoms with Crippen molar-refractivity contribution in [2.45, 2.75) is 0 Å². The highest BCUT2D eigenvalue weighted by atomic mass is 19.1. The Bertz CT molecular complexity index is 630. The van der Waals surface area contributed by atoms with Gasteiger partial charge in [-0.3, -0.25) is 4.79 Å². The van der Waals surface area contributed by atoms with Gasteiger partial charge in [-0.15, -0.1) is 0 Å². The SMILES string of the molecule is N#Cc1ccc(OCC(=O)Nc2ccc(F)cc2)cc1. The van der Waals surface area contributed by atoms with Crippen LogP contribution in [0.2, 0.25) is 0 Å². The molecular weight excluding hydrogens is 259 g/mol. The Morgan fingerprint density at radius 3 is 2.40 bits per heavy atom. The zero-order chi connectivity index (χ0) is 14.4. The normalized spacial score (nSPS) is 9.60. The molecule has 0 aliphatic heterocycles. The first-order valence-corrected chi connectivity index (χ1v) is 5.86. The van der Waals surface area contributed by atoms with Crippen molar-refractivity contribution < 1.29 is 13.9 Å². The fourth-order valence-electron chi connectivity index (χ4n) is 1.50. The fourth-order valence-corrected chi connectivity index (χ4v) is 1.50. The number of halogens is 1. The van der Waals surface area contributed by atoms with Crippen LogP contribution in [0.1, 0.15) is 5.56 Å². The molecule has 0 aliphatic rings. The Balaban J connectivity index is 1.85. The molecule has 0 aromatic heterocycles. The average molecular weight is 270 g/mol. The van der Waals surface area contributed by atoms with Gasteiger partial charge in [-0.2, -0.15) is 5.26 Å². The number of anilines is 1. The quantitative estimate of drug-likeness (QED) is 0.929. The molecule has 0 heterocycles. The zero-order valence-corrected chi connectivity index (χ0v) is 10.5. The minimum Gasteiger partial charge on any atom is -0.484 e. The van der Waals surface area contributed by atoms with Gasteiger partial charge in [-0.05, 0) is 48.5 Å². The Morgan fingerprint density at radius 1 is 1.15 bits per heavy atom. The monoisotopic (exact) mass is 270 g/mol. The number of nitrogens with one attached hydrogen (secondary N) is 1. The van der Waals surface area contributed by atoms with E-state index in [-0.39, 0.29) is 18.3 Å². The van der Waals surface area contributed by atoms with E-state index in [4.69, 9.17) is 10.00 Å². The van der Waals surface area contributed by atoms with Crippen molar-refractivity contribution in [3.8, 4) is 11.8 Å². The van der Waals surface area contributed by atoms with E-state index in [2.05, 4.69) is 5.32 Å². The number of nitrogens with zero attached hydrogens (tertiary/aromatic N) is 1. The average Bonchev–Trinajstić information content (AvgIpc) is 2.48. The first-order valence-electron chi connectivity index (χ1n) is 5.86. The summed E-state index contributed by atoms with van der Waals surface area (Å²) >= 11 is 0. The third kappa shape index (κ3) is 3.82. The van der Waals surface area contributed by atoms with Crippen LogP contribution >= 0.6 is 0 Å². The van der Waals surface area contributed by atoms with E-state index < -0.39 is 0 Å². The van der Waals surface area contributed by atoms with Gasteiger partial charge in [0.25, 0.3) is 5.91 Å². The predicted molar refractivity (Wildman–Crippen MR) is 71.7 cm³/mol. The van der Waals surface area contributed by atoms with Gasteiger partial charge in [0.15, 0.2) is 6.61 Å². The molecule has 0 saturated carbocycles. The summed E-state index contributed by atoms with van der Waals surface area (Å²) in [6, 6.07) is 13.9. The molecule has 4 nitrogen and oxygen atoms in total. The summed E-state index contributed by atoms with van der Waals surface area (Å²) in [5.74, 6) is -0.212. The molecule has 0 spiro atoms.